The van der Waals surface area contributed by atoms with Crippen molar-refractivity contribution in [3.8, 4) is 0 Å². The SMILES string of the molecule is CC1CC1C(=O)N1Cc2ccnn2C(CC(=O)NCc2cccs2)C1. The Bertz CT molecular complexity index is 770. The molecule has 4 rings (SSSR count). The minimum Gasteiger partial charge on any atom is -0.351 e. The van der Waals surface area contributed by atoms with E-state index in [1.54, 1.807) is 17.5 Å². The number of nitrogens with one attached hydrogen (secondary N) is 1. The molecule has 0 radical (unpaired) electrons. The predicted molar refractivity (Wildman–Crippen MR) is 94.7 cm³/mol. The largest absolute Gasteiger partial charge is 0.351 e. The normalized spacial score (nSPS) is 24.7. The van der Waals surface area contributed by atoms with Crippen LogP contribution in [-0.4, -0.2) is 33.0 Å². The zero-order chi connectivity index (χ0) is 17.4. The van der Waals surface area contributed by atoms with E-state index in [1.807, 2.05) is 33.2 Å². The molecule has 2 aromatic heterocycles. The van der Waals surface area contributed by atoms with Gasteiger partial charge in [0.2, 0.25) is 11.8 Å². The lowest BCUT2D eigenvalue weighted by Gasteiger charge is -2.34. The van der Waals surface area contributed by atoms with Gasteiger partial charge in [-0.05, 0) is 29.9 Å². The molecule has 0 saturated heterocycles. The maximum Gasteiger partial charge on any atom is 0.226 e. The first-order valence-corrected chi connectivity index (χ1v) is 9.60. The topological polar surface area (TPSA) is 67.2 Å². The van der Waals surface area contributed by atoms with E-state index in [0.29, 0.717) is 32.0 Å². The lowest BCUT2D eigenvalue weighted by atomic mass is 10.1. The van der Waals surface area contributed by atoms with Crippen molar-refractivity contribution in [3.05, 3.63) is 40.3 Å². The molecule has 1 fully saturated rings. The van der Waals surface area contributed by atoms with E-state index in [1.165, 1.54) is 0 Å². The van der Waals surface area contributed by atoms with E-state index in [-0.39, 0.29) is 23.8 Å². The van der Waals surface area contributed by atoms with Crippen LogP contribution < -0.4 is 5.32 Å². The van der Waals surface area contributed by atoms with Gasteiger partial charge in [0, 0.05) is 23.5 Å². The van der Waals surface area contributed by atoms with Gasteiger partial charge < -0.3 is 10.2 Å². The number of hydrogen-bond acceptors (Lipinski definition) is 4. The number of carbonyl (C=O) groups excluding carboxylic acids is 2. The summed E-state index contributed by atoms with van der Waals surface area (Å²) in [6, 6.07) is 5.83. The standard InChI is InChI=1S/C18H22N4O2S/c1-12-7-16(12)18(24)21-10-13-4-5-20-22(13)14(11-21)8-17(23)19-9-15-3-2-6-25-15/h2-6,12,14,16H,7-11H2,1H3,(H,19,23). The summed E-state index contributed by atoms with van der Waals surface area (Å²) in [6.07, 6.45) is 3.07. The zero-order valence-electron chi connectivity index (χ0n) is 14.2. The second kappa shape index (κ2) is 6.63. The van der Waals surface area contributed by atoms with Crippen molar-refractivity contribution in [2.75, 3.05) is 6.54 Å². The predicted octanol–water partition coefficient (Wildman–Crippen LogP) is 2.19. The first-order valence-electron chi connectivity index (χ1n) is 8.72. The van der Waals surface area contributed by atoms with Gasteiger partial charge in [0.15, 0.2) is 0 Å². The highest BCUT2D eigenvalue weighted by Gasteiger charge is 2.43. The smallest absolute Gasteiger partial charge is 0.226 e. The minimum atomic E-state index is -0.0971. The molecule has 7 heteroatoms. The van der Waals surface area contributed by atoms with Crippen molar-refractivity contribution >= 4 is 23.2 Å². The molecule has 3 unspecified atom stereocenters. The molecule has 132 valence electrons. The molecule has 1 aliphatic heterocycles. The summed E-state index contributed by atoms with van der Waals surface area (Å²) >= 11 is 1.63. The average Bonchev–Trinajstić information content (AvgIpc) is 3.02. The van der Waals surface area contributed by atoms with E-state index in [2.05, 4.69) is 17.3 Å². The Morgan fingerprint density at radius 1 is 1.40 bits per heavy atom. The Morgan fingerprint density at radius 2 is 2.24 bits per heavy atom. The first-order chi connectivity index (χ1) is 12.1. The third-order valence-corrected chi connectivity index (χ3v) is 5.96. The van der Waals surface area contributed by atoms with Crippen LogP contribution in [0.5, 0.6) is 0 Å². The van der Waals surface area contributed by atoms with Gasteiger partial charge in [-0.25, -0.2) is 0 Å². The summed E-state index contributed by atoms with van der Waals surface area (Å²) in [7, 11) is 0. The summed E-state index contributed by atoms with van der Waals surface area (Å²) < 4.78 is 1.91. The number of aromatic nitrogens is 2. The highest BCUT2D eigenvalue weighted by atomic mass is 32.1. The second-order valence-corrected chi connectivity index (χ2v) is 8.05. The number of fused-ring (bicyclic) bond motifs is 1. The first kappa shape index (κ1) is 16.3. The van der Waals surface area contributed by atoms with Crippen LogP contribution in [0.25, 0.3) is 0 Å². The highest BCUT2D eigenvalue weighted by Crippen LogP contribution is 2.40. The molecule has 1 aliphatic carbocycles. The van der Waals surface area contributed by atoms with E-state index in [4.69, 9.17) is 0 Å². The summed E-state index contributed by atoms with van der Waals surface area (Å²) in [5.74, 6) is 0.882. The van der Waals surface area contributed by atoms with Gasteiger partial charge in [-0.1, -0.05) is 13.0 Å². The summed E-state index contributed by atoms with van der Waals surface area (Å²) in [5, 5.41) is 9.34. The average molecular weight is 358 g/mol. The van der Waals surface area contributed by atoms with Gasteiger partial charge in [0.25, 0.3) is 0 Å². The van der Waals surface area contributed by atoms with Gasteiger partial charge in [-0.2, -0.15) is 5.10 Å². The molecule has 3 atom stereocenters. The maximum absolute atomic E-state index is 12.6. The van der Waals surface area contributed by atoms with Crippen molar-refractivity contribution in [3.63, 3.8) is 0 Å². The zero-order valence-corrected chi connectivity index (χ0v) is 15.0. The monoisotopic (exact) mass is 358 g/mol. The number of thiophene rings is 1. The van der Waals surface area contributed by atoms with E-state index in [0.717, 1.165) is 17.0 Å². The minimum absolute atomic E-state index is 0.00561. The highest BCUT2D eigenvalue weighted by molar-refractivity contribution is 7.09. The summed E-state index contributed by atoms with van der Waals surface area (Å²) in [5.41, 5.74) is 1.00. The van der Waals surface area contributed by atoms with Gasteiger partial charge in [-0.15, -0.1) is 11.3 Å². The lowest BCUT2D eigenvalue weighted by Crippen LogP contribution is -2.43. The van der Waals surface area contributed by atoms with Crippen molar-refractivity contribution in [2.45, 2.75) is 38.9 Å². The summed E-state index contributed by atoms with van der Waals surface area (Å²) in [6.45, 7) is 3.82. The molecule has 1 N–H and O–H groups in total. The molecule has 3 heterocycles. The summed E-state index contributed by atoms with van der Waals surface area (Å²) in [4.78, 5) is 28.0. The fourth-order valence-electron chi connectivity index (χ4n) is 3.49. The molecule has 25 heavy (non-hydrogen) atoms. The molecule has 6 nitrogen and oxygen atoms in total. The van der Waals surface area contributed by atoms with Crippen molar-refractivity contribution in [2.24, 2.45) is 11.8 Å². The van der Waals surface area contributed by atoms with Crippen LogP contribution in [0, 0.1) is 11.8 Å². The van der Waals surface area contributed by atoms with E-state index in [9.17, 15) is 9.59 Å². The number of amides is 2. The molecule has 0 bridgehead atoms. The second-order valence-electron chi connectivity index (χ2n) is 7.02. The van der Waals surface area contributed by atoms with Crippen LogP contribution in [0.4, 0.5) is 0 Å². The fraction of sp³-hybridized carbons (Fsp3) is 0.500. The molecule has 2 amide bonds. The number of nitrogens with zero attached hydrogens (tertiary/aromatic N) is 3. The lowest BCUT2D eigenvalue weighted by molar-refractivity contribution is -0.136. The van der Waals surface area contributed by atoms with Gasteiger partial charge in [-0.3, -0.25) is 14.3 Å². The molecule has 2 aliphatic rings. The molecule has 0 aromatic carbocycles. The van der Waals surface area contributed by atoms with Crippen LogP contribution in [0.2, 0.25) is 0 Å². The number of carbonyl (C=O) groups is 2. The molecule has 2 aromatic rings. The Morgan fingerprint density at radius 3 is 2.96 bits per heavy atom. The Balaban J connectivity index is 1.41. The molecule has 0 spiro atoms. The van der Waals surface area contributed by atoms with Crippen molar-refractivity contribution in [1.29, 1.82) is 0 Å². The quantitative estimate of drug-likeness (QED) is 0.891. The molecular formula is C18H22N4O2S. The Kier molecular flexibility index (Phi) is 4.33. The van der Waals surface area contributed by atoms with Gasteiger partial charge >= 0.3 is 0 Å². The van der Waals surface area contributed by atoms with Crippen LogP contribution in [0.3, 0.4) is 0 Å². The van der Waals surface area contributed by atoms with Crippen LogP contribution in [0.1, 0.15) is 36.4 Å². The fourth-order valence-corrected chi connectivity index (χ4v) is 4.14. The molecular weight excluding hydrogens is 336 g/mol. The van der Waals surface area contributed by atoms with E-state index >= 15 is 0 Å². The third-order valence-electron chi connectivity index (χ3n) is 5.08. The van der Waals surface area contributed by atoms with Crippen molar-refractivity contribution < 1.29 is 9.59 Å². The number of rotatable bonds is 5. The number of hydrogen-bond donors (Lipinski definition) is 1. The molecule has 1 saturated carbocycles. The van der Waals surface area contributed by atoms with Crippen LogP contribution >= 0.6 is 11.3 Å². The van der Waals surface area contributed by atoms with Crippen LogP contribution in [-0.2, 0) is 22.7 Å². The van der Waals surface area contributed by atoms with Crippen LogP contribution in [0.15, 0.2) is 29.8 Å². The Labute approximate surface area is 150 Å². The Hall–Kier alpha value is -2.15. The van der Waals surface area contributed by atoms with Crippen molar-refractivity contribution in [1.82, 2.24) is 20.0 Å². The maximum atomic E-state index is 12.6. The van der Waals surface area contributed by atoms with Gasteiger partial charge in [0.1, 0.15) is 0 Å². The van der Waals surface area contributed by atoms with Gasteiger partial charge in [0.05, 0.1) is 31.2 Å². The van der Waals surface area contributed by atoms with E-state index < -0.39 is 0 Å². The third kappa shape index (κ3) is 3.46.